The molecule has 0 fully saturated rings. The van der Waals surface area contributed by atoms with Gasteiger partial charge < -0.3 is 24.8 Å². The van der Waals surface area contributed by atoms with Gasteiger partial charge in [0, 0.05) is 0 Å². The summed E-state index contributed by atoms with van der Waals surface area (Å²) in [6.07, 6.45) is 10.4. The van der Waals surface area contributed by atoms with E-state index < -0.39 is 21.3 Å². The summed E-state index contributed by atoms with van der Waals surface area (Å²) in [4.78, 5) is 0. The van der Waals surface area contributed by atoms with Gasteiger partial charge in [-0.1, -0.05) is 0 Å². The first-order valence-electron chi connectivity index (χ1n) is 19.9. The molecule has 0 nitrogen and oxygen atoms in total. The maximum absolute atomic E-state index is 3.05. The summed E-state index contributed by atoms with van der Waals surface area (Å²) < 4.78 is 3.75. The van der Waals surface area contributed by atoms with Gasteiger partial charge in [-0.2, -0.15) is 0 Å². The minimum atomic E-state index is -3.05. The summed E-state index contributed by atoms with van der Waals surface area (Å²) in [6, 6.07) is 29.8. The minimum absolute atomic E-state index is 0. The molecule has 4 aliphatic carbocycles. The van der Waals surface area contributed by atoms with E-state index in [9.17, 15) is 0 Å². The predicted molar refractivity (Wildman–Crippen MR) is 227 cm³/mol. The van der Waals surface area contributed by atoms with Crippen LogP contribution >= 0.6 is 0 Å². The molecule has 0 spiro atoms. The molecule has 8 rings (SSSR count). The second-order valence-electron chi connectivity index (χ2n) is 19.3. The van der Waals surface area contributed by atoms with Crippen LogP contribution in [0.3, 0.4) is 0 Å². The van der Waals surface area contributed by atoms with Gasteiger partial charge >= 0.3 is 330 Å². The molecule has 0 aromatic heterocycles. The summed E-state index contributed by atoms with van der Waals surface area (Å²) in [5.74, 6) is 0.951. The Balaban J connectivity index is 0.00000257. The number of benzene rings is 4. The molecular weight excluding hydrogens is 787 g/mol. The number of aryl methyl sites for hydroxylation is 2. The van der Waals surface area contributed by atoms with Gasteiger partial charge in [0.25, 0.3) is 0 Å². The zero-order valence-electron chi connectivity index (χ0n) is 35.2. The minimum Gasteiger partial charge on any atom is -1.00 e. The van der Waals surface area contributed by atoms with Crippen molar-refractivity contribution in [3.63, 3.8) is 0 Å². The molecule has 0 N–H and O–H groups in total. The molecule has 0 radical (unpaired) electrons. The summed E-state index contributed by atoms with van der Waals surface area (Å²) in [6.45, 7) is 30.9. The third-order valence-electron chi connectivity index (χ3n) is 12.8. The predicted octanol–water partition coefficient (Wildman–Crippen LogP) is 7.80. The van der Waals surface area contributed by atoms with Crippen molar-refractivity contribution in [3.8, 4) is 11.1 Å². The quantitative estimate of drug-likeness (QED) is 0.193. The maximum Gasteiger partial charge on any atom is -1.00 e. The van der Waals surface area contributed by atoms with Crippen LogP contribution in [0.1, 0.15) is 135 Å². The molecule has 55 heavy (non-hydrogen) atoms. The maximum atomic E-state index is 2.73. The number of rotatable bonds is 5. The van der Waals surface area contributed by atoms with Gasteiger partial charge in [0.1, 0.15) is 0 Å². The van der Waals surface area contributed by atoms with E-state index in [0.717, 1.165) is 0 Å². The Labute approximate surface area is 352 Å². The van der Waals surface area contributed by atoms with Crippen LogP contribution in [0.2, 0.25) is 0 Å². The van der Waals surface area contributed by atoms with E-state index in [1.165, 1.54) is 72.4 Å². The standard InChI is InChI=1S/C25H25.C15H14.C12H19.2ClH.Zr/c1-14-12-24(3,4)22-8-16-7-17-9-23-19(15(2)13-25(23,5)6)11-21(17)20(16)10-18(14)22;1-12-3-7-14(8-4-12)11-15-9-5-13(2)6-10-15;1-9(2)10-6-7-11(8-10)12(3,4)5;;;/h7-13H,1-6H3;3-10H,1-2H3;7-10H,1-5H3;2*1H;/q;;;;;+2/p-2. The van der Waals surface area contributed by atoms with Gasteiger partial charge in [0.2, 0.25) is 0 Å². The first-order chi connectivity index (χ1) is 24.9. The Morgan fingerprint density at radius 1 is 0.618 bits per heavy atom. The summed E-state index contributed by atoms with van der Waals surface area (Å²) >= 11 is -3.05. The smallest absolute Gasteiger partial charge is 1.00 e. The van der Waals surface area contributed by atoms with Crippen LogP contribution in [0.15, 0.2) is 106 Å². The van der Waals surface area contributed by atoms with Crippen molar-refractivity contribution in [2.24, 2.45) is 17.3 Å². The fraction of sp³-hybridized carbons (Fsp3) is 0.365. The van der Waals surface area contributed by atoms with Crippen molar-refractivity contribution in [1.82, 2.24) is 0 Å². The first kappa shape index (κ1) is 41.8. The molecule has 4 aromatic rings. The zero-order chi connectivity index (χ0) is 37.9. The number of hydrogen-bond acceptors (Lipinski definition) is 0. The SMILES string of the molecule is CC1=CC(C)(C)c2cc3c(cc21)-c1cc2c(cc1[CH]3[Zr+2]([C]1=CC(C(C)(C)C)=CC1C(C)C)=[C](c1ccc(C)cc1)c1ccc(C)cc1)C(C)(C)C=C2C.[Cl-].[Cl-]. The molecule has 284 valence electrons. The molecule has 0 bridgehead atoms. The van der Waals surface area contributed by atoms with E-state index in [2.05, 4.69) is 187 Å². The largest absolute Gasteiger partial charge is 1.00 e. The second-order valence-corrected chi connectivity index (χ2v) is 25.4. The van der Waals surface area contributed by atoms with E-state index >= 15 is 0 Å². The molecule has 0 saturated heterocycles. The van der Waals surface area contributed by atoms with Crippen LogP contribution < -0.4 is 24.8 Å². The van der Waals surface area contributed by atoms with E-state index in [-0.39, 0.29) is 41.1 Å². The third kappa shape index (κ3) is 6.98. The van der Waals surface area contributed by atoms with Crippen molar-refractivity contribution in [3.05, 3.63) is 162 Å². The molecular formula is C52H58Cl2Zr. The van der Waals surface area contributed by atoms with Crippen LogP contribution in [0.5, 0.6) is 0 Å². The van der Waals surface area contributed by atoms with Gasteiger partial charge in [0.15, 0.2) is 0 Å². The fourth-order valence-corrected chi connectivity index (χ4v) is 20.0. The Bertz CT molecular complexity index is 2230. The van der Waals surface area contributed by atoms with Gasteiger partial charge in [-0.05, 0) is 0 Å². The van der Waals surface area contributed by atoms with Crippen molar-refractivity contribution < 1.29 is 46.1 Å². The van der Waals surface area contributed by atoms with Crippen molar-refractivity contribution in [2.45, 2.75) is 104 Å². The van der Waals surface area contributed by atoms with Crippen LogP contribution in [0.4, 0.5) is 0 Å². The zero-order valence-corrected chi connectivity index (χ0v) is 39.2. The summed E-state index contributed by atoms with van der Waals surface area (Å²) in [5, 5.41) is 0. The van der Waals surface area contributed by atoms with E-state index in [4.69, 9.17) is 0 Å². The van der Waals surface area contributed by atoms with Crippen LogP contribution in [0, 0.1) is 31.1 Å². The summed E-state index contributed by atoms with van der Waals surface area (Å²) in [5.41, 5.74) is 21.9. The Morgan fingerprint density at radius 3 is 1.42 bits per heavy atom. The molecule has 0 saturated carbocycles. The number of hydrogen-bond donors (Lipinski definition) is 0. The normalized spacial score (nSPS) is 18.5. The average Bonchev–Trinajstić information content (AvgIpc) is 3.78. The Morgan fingerprint density at radius 2 is 1.04 bits per heavy atom. The Hall–Kier alpha value is -2.83. The Kier molecular flexibility index (Phi) is 11.0. The van der Waals surface area contributed by atoms with Crippen molar-refractivity contribution in [2.75, 3.05) is 0 Å². The number of allylic oxidation sites excluding steroid dienone is 8. The van der Waals surface area contributed by atoms with Crippen LogP contribution in [-0.4, -0.2) is 3.21 Å². The fourth-order valence-electron chi connectivity index (χ4n) is 10.0. The molecule has 0 heterocycles. The van der Waals surface area contributed by atoms with Gasteiger partial charge in [-0.3, -0.25) is 0 Å². The van der Waals surface area contributed by atoms with E-state index in [1.807, 2.05) is 0 Å². The number of fused-ring (bicyclic) bond motifs is 5. The van der Waals surface area contributed by atoms with Crippen LogP contribution in [0.25, 0.3) is 22.3 Å². The van der Waals surface area contributed by atoms with Crippen molar-refractivity contribution >= 4 is 14.4 Å². The molecule has 1 atom stereocenters. The topological polar surface area (TPSA) is 0 Å². The molecule has 0 amide bonds. The van der Waals surface area contributed by atoms with Gasteiger partial charge in [0.05, 0.1) is 0 Å². The monoisotopic (exact) mass is 842 g/mol. The first-order valence-corrected chi connectivity index (χ1v) is 23.8. The molecule has 0 aliphatic heterocycles. The molecule has 1 unspecified atom stereocenters. The van der Waals surface area contributed by atoms with E-state index in [1.54, 1.807) is 17.6 Å². The van der Waals surface area contributed by atoms with Gasteiger partial charge in [-0.25, -0.2) is 0 Å². The molecule has 4 aliphatic rings. The van der Waals surface area contributed by atoms with E-state index in [0.29, 0.717) is 15.5 Å². The average molecular weight is 845 g/mol. The number of halogens is 2. The van der Waals surface area contributed by atoms with Crippen molar-refractivity contribution in [1.29, 1.82) is 0 Å². The van der Waals surface area contributed by atoms with Crippen LogP contribution in [-0.2, 0) is 32.1 Å². The second kappa shape index (κ2) is 14.5. The van der Waals surface area contributed by atoms with Gasteiger partial charge in [-0.15, -0.1) is 0 Å². The molecule has 3 heteroatoms. The summed E-state index contributed by atoms with van der Waals surface area (Å²) in [7, 11) is 0. The third-order valence-corrected chi connectivity index (χ3v) is 21.2. The molecule has 4 aromatic carbocycles.